The second-order valence-electron chi connectivity index (χ2n) is 7.89. The maximum atomic E-state index is 15.4. The number of carbonyl (C=O) groups excluding carboxylic acids is 2. The second-order valence-corrected chi connectivity index (χ2v) is 7.89. The Labute approximate surface area is 196 Å². The number of nitrogens with zero attached hydrogens (tertiary/aromatic N) is 4. The van der Waals surface area contributed by atoms with E-state index in [0.29, 0.717) is 5.69 Å². The van der Waals surface area contributed by atoms with Crippen molar-refractivity contribution in [2.24, 2.45) is 0 Å². The number of benzene rings is 2. The molecular weight excluding hydrogens is 470 g/mol. The highest BCUT2D eigenvalue weighted by Crippen LogP contribution is 2.37. The van der Waals surface area contributed by atoms with Crippen LogP contribution in [0.3, 0.4) is 0 Å². The summed E-state index contributed by atoms with van der Waals surface area (Å²) in [6.45, 7) is 0.203. The number of fused-ring (bicyclic) bond motifs is 2. The van der Waals surface area contributed by atoms with Crippen molar-refractivity contribution in [2.45, 2.75) is 6.18 Å². The Kier molecular flexibility index (Phi) is 5.50. The van der Waals surface area contributed by atoms with E-state index in [0.717, 1.165) is 12.1 Å². The van der Waals surface area contributed by atoms with Gasteiger partial charge in [0.2, 0.25) is 0 Å². The molecule has 0 unspecified atom stereocenters. The van der Waals surface area contributed by atoms with Crippen molar-refractivity contribution in [3.8, 4) is 11.6 Å². The van der Waals surface area contributed by atoms with Gasteiger partial charge in [0.1, 0.15) is 5.56 Å². The van der Waals surface area contributed by atoms with Gasteiger partial charge in [-0.2, -0.15) is 13.2 Å². The Hall–Kier alpha value is -4.22. The first-order valence-corrected chi connectivity index (χ1v) is 10.6. The van der Waals surface area contributed by atoms with Gasteiger partial charge in [0.25, 0.3) is 17.7 Å². The third kappa shape index (κ3) is 4.11. The number of rotatable bonds is 2. The van der Waals surface area contributed by atoms with E-state index in [1.54, 1.807) is 24.3 Å². The lowest BCUT2D eigenvalue weighted by Gasteiger charge is -2.35. The molecule has 0 saturated carbocycles. The van der Waals surface area contributed by atoms with Crippen LogP contribution in [0.2, 0.25) is 0 Å². The highest BCUT2D eigenvalue weighted by Gasteiger charge is 2.37. The third-order valence-corrected chi connectivity index (χ3v) is 5.76. The first-order valence-electron chi connectivity index (χ1n) is 10.6. The van der Waals surface area contributed by atoms with Crippen LogP contribution >= 0.6 is 0 Å². The number of alkyl halides is 3. The van der Waals surface area contributed by atoms with Crippen LogP contribution in [-0.2, 0) is 6.18 Å². The summed E-state index contributed by atoms with van der Waals surface area (Å²) in [6, 6.07) is 11.1. The number of ether oxygens (including phenoxy) is 1. The van der Waals surface area contributed by atoms with Crippen LogP contribution in [0.15, 0.2) is 48.5 Å². The van der Waals surface area contributed by atoms with Crippen molar-refractivity contribution >= 4 is 23.3 Å². The van der Waals surface area contributed by atoms with E-state index in [4.69, 9.17) is 4.74 Å². The summed E-state index contributed by atoms with van der Waals surface area (Å²) in [6.07, 6.45) is -4.67. The molecule has 0 aliphatic carbocycles. The maximum absolute atomic E-state index is 15.4. The topological polar surface area (TPSA) is 87.7 Å². The van der Waals surface area contributed by atoms with Crippen LogP contribution in [0.1, 0.15) is 26.3 Å². The lowest BCUT2D eigenvalue weighted by molar-refractivity contribution is -0.138. The van der Waals surface area contributed by atoms with Gasteiger partial charge in [-0.1, -0.05) is 24.3 Å². The lowest BCUT2D eigenvalue weighted by atomic mass is 10.1. The highest BCUT2D eigenvalue weighted by atomic mass is 19.4. The van der Waals surface area contributed by atoms with E-state index < -0.39 is 40.5 Å². The molecule has 0 bridgehead atoms. The number of aromatic nitrogens is 2. The molecule has 2 aliphatic rings. The summed E-state index contributed by atoms with van der Waals surface area (Å²) in [5.41, 5.74) is -1.52. The Morgan fingerprint density at radius 2 is 1.66 bits per heavy atom. The molecule has 0 atom stereocenters. The fourth-order valence-electron chi connectivity index (χ4n) is 4.02. The van der Waals surface area contributed by atoms with E-state index in [1.807, 2.05) is 0 Å². The molecule has 1 N–H and O–H groups in total. The zero-order chi connectivity index (χ0) is 24.7. The molecule has 5 rings (SSSR count). The fraction of sp³-hybridized carbons (Fsp3) is 0.217. The minimum atomic E-state index is -4.67. The number of hydrogen-bond acceptors (Lipinski definition) is 6. The van der Waals surface area contributed by atoms with Crippen LogP contribution in [0.5, 0.6) is 11.6 Å². The summed E-state index contributed by atoms with van der Waals surface area (Å²) >= 11 is 0. The first kappa shape index (κ1) is 22.6. The second kappa shape index (κ2) is 8.53. The van der Waals surface area contributed by atoms with Gasteiger partial charge in [-0.05, 0) is 24.3 Å². The average Bonchev–Trinajstić information content (AvgIpc) is 2.99. The quantitative estimate of drug-likeness (QED) is 0.551. The summed E-state index contributed by atoms with van der Waals surface area (Å²) < 4.78 is 60.9. The number of piperazine rings is 1. The smallest absolute Gasteiger partial charge is 0.417 e. The van der Waals surface area contributed by atoms with Crippen LogP contribution in [0.4, 0.5) is 29.1 Å². The Bertz CT molecular complexity index is 1320. The lowest BCUT2D eigenvalue weighted by Crippen LogP contribution is -2.49. The SMILES string of the molecule is O=C1Nc2ccccc2Oc2nnc(N3CCN(C(=O)c4ccccc4C(F)(F)F)CC3)c(F)c21. The van der Waals surface area contributed by atoms with E-state index in [9.17, 15) is 22.8 Å². The van der Waals surface area contributed by atoms with Gasteiger partial charge < -0.3 is 19.9 Å². The molecule has 0 spiro atoms. The zero-order valence-corrected chi connectivity index (χ0v) is 18.0. The average molecular weight is 487 g/mol. The number of nitrogens with one attached hydrogen (secondary N) is 1. The predicted octanol–water partition coefficient (Wildman–Crippen LogP) is 3.95. The van der Waals surface area contributed by atoms with Crippen LogP contribution in [0, 0.1) is 5.82 Å². The van der Waals surface area contributed by atoms with Crippen molar-refractivity contribution in [1.29, 1.82) is 0 Å². The summed E-state index contributed by atoms with van der Waals surface area (Å²) in [4.78, 5) is 28.2. The number of halogens is 4. The molecule has 3 aromatic rings. The third-order valence-electron chi connectivity index (χ3n) is 5.76. The van der Waals surface area contributed by atoms with Crippen molar-refractivity contribution in [2.75, 3.05) is 36.4 Å². The molecule has 2 aliphatic heterocycles. The molecule has 180 valence electrons. The molecular formula is C23H17F4N5O3. The molecule has 12 heteroatoms. The van der Waals surface area contributed by atoms with E-state index in [2.05, 4.69) is 15.5 Å². The molecule has 1 aromatic heterocycles. The normalized spacial score (nSPS) is 15.5. The van der Waals surface area contributed by atoms with Crippen LogP contribution in [0.25, 0.3) is 0 Å². The molecule has 2 aromatic carbocycles. The summed E-state index contributed by atoms with van der Waals surface area (Å²) in [5.74, 6) is -2.68. The molecule has 1 saturated heterocycles. The van der Waals surface area contributed by atoms with Gasteiger partial charge in [-0.25, -0.2) is 4.39 Å². The van der Waals surface area contributed by atoms with Gasteiger partial charge in [0, 0.05) is 26.2 Å². The number of para-hydroxylation sites is 2. The number of hydrogen-bond donors (Lipinski definition) is 1. The number of anilines is 2. The largest absolute Gasteiger partial charge is 0.435 e. The standard InChI is InChI=1S/C23H17F4N5O3/c24-18-17-20(33)28-15-7-3-4-8-16(15)35-21(17)30-29-19(18)31-9-11-32(12-10-31)22(34)13-5-1-2-6-14(13)23(25,26)27/h1-8H,9-12H2,(H,28,33). The molecule has 2 amide bonds. The molecule has 3 heterocycles. The number of amides is 2. The minimum absolute atomic E-state index is 0.0252. The van der Waals surface area contributed by atoms with Crippen molar-refractivity contribution in [3.05, 3.63) is 71.0 Å². The summed E-state index contributed by atoms with van der Waals surface area (Å²) in [5, 5.41) is 10.3. The van der Waals surface area contributed by atoms with Gasteiger partial charge >= 0.3 is 6.18 Å². The van der Waals surface area contributed by atoms with Crippen molar-refractivity contribution < 1.29 is 31.9 Å². The van der Waals surface area contributed by atoms with Crippen LogP contribution < -0.4 is 15.0 Å². The Morgan fingerprint density at radius 3 is 2.40 bits per heavy atom. The van der Waals surface area contributed by atoms with E-state index >= 15 is 4.39 Å². The van der Waals surface area contributed by atoms with Gasteiger partial charge in [0.05, 0.1) is 16.8 Å². The van der Waals surface area contributed by atoms with Crippen molar-refractivity contribution in [3.63, 3.8) is 0 Å². The molecule has 8 nitrogen and oxygen atoms in total. The minimum Gasteiger partial charge on any atom is -0.435 e. The maximum Gasteiger partial charge on any atom is 0.417 e. The molecule has 0 radical (unpaired) electrons. The number of carbonyl (C=O) groups is 2. The van der Waals surface area contributed by atoms with Gasteiger partial charge in [-0.15, -0.1) is 10.2 Å². The fourth-order valence-corrected chi connectivity index (χ4v) is 4.02. The van der Waals surface area contributed by atoms with Gasteiger partial charge in [-0.3, -0.25) is 9.59 Å². The Morgan fingerprint density at radius 1 is 0.971 bits per heavy atom. The van der Waals surface area contributed by atoms with E-state index in [1.165, 1.54) is 21.9 Å². The van der Waals surface area contributed by atoms with Crippen LogP contribution in [-0.4, -0.2) is 53.1 Å². The van der Waals surface area contributed by atoms with Crippen molar-refractivity contribution in [1.82, 2.24) is 15.1 Å². The molecule has 35 heavy (non-hydrogen) atoms. The first-order chi connectivity index (χ1) is 16.7. The van der Waals surface area contributed by atoms with E-state index in [-0.39, 0.29) is 43.6 Å². The molecule has 1 fully saturated rings. The monoisotopic (exact) mass is 487 g/mol. The predicted molar refractivity (Wildman–Crippen MR) is 116 cm³/mol. The zero-order valence-electron chi connectivity index (χ0n) is 18.0. The summed E-state index contributed by atoms with van der Waals surface area (Å²) in [7, 11) is 0. The van der Waals surface area contributed by atoms with Gasteiger partial charge in [0.15, 0.2) is 17.4 Å². The highest BCUT2D eigenvalue weighted by molar-refractivity contribution is 6.08. The Balaban J connectivity index is 1.35.